The molecular weight excluding hydrogens is 270 g/mol. The minimum atomic E-state index is 0.246. The van der Waals surface area contributed by atoms with Gasteiger partial charge in [0, 0.05) is 11.1 Å². The van der Waals surface area contributed by atoms with Crippen LogP contribution in [0.25, 0.3) is 10.9 Å². The van der Waals surface area contributed by atoms with Crippen molar-refractivity contribution in [3.05, 3.63) is 58.9 Å². The number of benzene rings is 2. The number of rotatable bonds is 2. The van der Waals surface area contributed by atoms with Gasteiger partial charge in [0.2, 0.25) is 5.28 Å². The van der Waals surface area contributed by atoms with E-state index in [0.717, 1.165) is 22.4 Å². The summed E-state index contributed by atoms with van der Waals surface area (Å²) in [5.41, 5.74) is 4.26. The third-order valence-corrected chi connectivity index (χ3v) is 3.38. The van der Waals surface area contributed by atoms with Crippen molar-refractivity contribution < 1.29 is 0 Å². The number of anilines is 2. The molecule has 0 aliphatic rings. The van der Waals surface area contributed by atoms with Gasteiger partial charge in [-0.1, -0.05) is 29.8 Å². The first-order valence-electron chi connectivity index (χ1n) is 6.40. The summed E-state index contributed by atoms with van der Waals surface area (Å²) < 4.78 is 0. The van der Waals surface area contributed by atoms with Gasteiger partial charge in [0.25, 0.3) is 0 Å². The molecule has 0 aliphatic carbocycles. The van der Waals surface area contributed by atoms with Crippen molar-refractivity contribution in [2.45, 2.75) is 13.8 Å². The monoisotopic (exact) mass is 283 g/mol. The lowest BCUT2D eigenvalue weighted by atomic mass is 10.1. The molecular formula is C16H14ClN3. The fourth-order valence-electron chi connectivity index (χ4n) is 2.22. The van der Waals surface area contributed by atoms with E-state index in [4.69, 9.17) is 11.6 Å². The molecule has 0 saturated carbocycles. The molecule has 0 radical (unpaired) electrons. The fraction of sp³-hybridized carbons (Fsp3) is 0.125. The van der Waals surface area contributed by atoms with Crippen molar-refractivity contribution in [2.24, 2.45) is 0 Å². The summed E-state index contributed by atoms with van der Waals surface area (Å²) in [7, 11) is 0. The second-order valence-electron chi connectivity index (χ2n) is 4.80. The number of halogens is 1. The highest BCUT2D eigenvalue weighted by molar-refractivity contribution is 6.28. The van der Waals surface area contributed by atoms with Crippen LogP contribution in [0.1, 0.15) is 11.1 Å². The number of aryl methyl sites for hydroxylation is 2. The SMILES string of the molecule is Cc1ccc(Nc2nc(Cl)nc3ccccc23)c(C)c1. The Morgan fingerprint density at radius 1 is 1.00 bits per heavy atom. The lowest BCUT2D eigenvalue weighted by molar-refractivity contribution is 1.21. The Labute approximate surface area is 122 Å². The van der Waals surface area contributed by atoms with Gasteiger partial charge in [-0.05, 0) is 49.2 Å². The number of nitrogens with one attached hydrogen (secondary N) is 1. The van der Waals surface area contributed by atoms with Gasteiger partial charge in [0.15, 0.2) is 0 Å². The van der Waals surface area contributed by atoms with Crippen molar-refractivity contribution in [1.29, 1.82) is 0 Å². The standard InChI is InChI=1S/C16H14ClN3/c1-10-7-8-13(11(2)9-10)18-15-12-5-3-4-6-14(12)19-16(17)20-15/h3-9H,1-2H3,(H,18,19,20). The molecule has 0 aliphatic heterocycles. The normalized spacial score (nSPS) is 10.8. The van der Waals surface area contributed by atoms with Gasteiger partial charge in [-0.15, -0.1) is 0 Å². The van der Waals surface area contributed by atoms with Crippen LogP contribution in [0.2, 0.25) is 5.28 Å². The van der Waals surface area contributed by atoms with E-state index in [2.05, 4.69) is 47.3 Å². The van der Waals surface area contributed by atoms with Gasteiger partial charge in [-0.2, -0.15) is 4.98 Å². The summed E-state index contributed by atoms with van der Waals surface area (Å²) in [5.74, 6) is 0.729. The van der Waals surface area contributed by atoms with E-state index < -0.39 is 0 Å². The summed E-state index contributed by atoms with van der Waals surface area (Å²) in [5, 5.41) is 4.55. The Balaban J connectivity index is 2.10. The van der Waals surface area contributed by atoms with Crippen LogP contribution in [0.5, 0.6) is 0 Å². The smallest absolute Gasteiger partial charge is 0.224 e. The first-order chi connectivity index (χ1) is 9.63. The van der Waals surface area contributed by atoms with Gasteiger partial charge >= 0.3 is 0 Å². The number of fused-ring (bicyclic) bond motifs is 1. The second kappa shape index (κ2) is 5.10. The van der Waals surface area contributed by atoms with Crippen molar-refractivity contribution in [3.63, 3.8) is 0 Å². The number of hydrogen-bond donors (Lipinski definition) is 1. The van der Waals surface area contributed by atoms with Crippen LogP contribution in [-0.4, -0.2) is 9.97 Å². The van der Waals surface area contributed by atoms with Crippen molar-refractivity contribution >= 4 is 34.0 Å². The Morgan fingerprint density at radius 2 is 1.80 bits per heavy atom. The number of nitrogens with zero attached hydrogens (tertiary/aromatic N) is 2. The number of para-hydroxylation sites is 1. The predicted molar refractivity (Wildman–Crippen MR) is 83.7 cm³/mol. The maximum absolute atomic E-state index is 5.99. The Morgan fingerprint density at radius 3 is 2.60 bits per heavy atom. The third kappa shape index (κ3) is 2.45. The molecule has 0 saturated heterocycles. The molecule has 1 heterocycles. The average molecular weight is 284 g/mol. The molecule has 0 fully saturated rings. The average Bonchev–Trinajstić information content (AvgIpc) is 2.41. The summed E-state index contributed by atoms with van der Waals surface area (Å²) in [4.78, 5) is 8.53. The van der Waals surface area contributed by atoms with E-state index >= 15 is 0 Å². The Bertz CT molecular complexity index is 784. The lowest BCUT2D eigenvalue weighted by Crippen LogP contribution is -1.99. The molecule has 3 rings (SSSR count). The fourth-order valence-corrected chi connectivity index (χ4v) is 2.40. The van der Waals surface area contributed by atoms with Crippen molar-refractivity contribution in [1.82, 2.24) is 9.97 Å². The molecule has 1 N–H and O–H groups in total. The van der Waals surface area contributed by atoms with Gasteiger partial charge < -0.3 is 5.32 Å². The molecule has 0 amide bonds. The van der Waals surface area contributed by atoms with Gasteiger partial charge in [-0.3, -0.25) is 0 Å². The van der Waals surface area contributed by atoms with E-state index in [-0.39, 0.29) is 5.28 Å². The van der Waals surface area contributed by atoms with Crippen LogP contribution in [0.15, 0.2) is 42.5 Å². The Hall–Kier alpha value is -2.13. The first-order valence-corrected chi connectivity index (χ1v) is 6.78. The topological polar surface area (TPSA) is 37.8 Å². The summed E-state index contributed by atoms with van der Waals surface area (Å²) in [6.07, 6.45) is 0. The zero-order valence-corrected chi connectivity index (χ0v) is 12.1. The second-order valence-corrected chi connectivity index (χ2v) is 5.14. The molecule has 0 unspecified atom stereocenters. The molecule has 1 aromatic heterocycles. The maximum Gasteiger partial charge on any atom is 0.224 e. The first kappa shape index (κ1) is 12.9. The summed E-state index contributed by atoms with van der Waals surface area (Å²) in [6, 6.07) is 14.1. The number of hydrogen-bond acceptors (Lipinski definition) is 3. The molecule has 2 aromatic carbocycles. The highest BCUT2D eigenvalue weighted by Crippen LogP contribution is 2.26. The molecule has 4 heteroatoms. The molecule has 0 atom stereocenters. The minimum absolute atomic E-state index is 0.246. The Kier molecular flexibility index (Phi) is 3.28. The summed E-state index contributed by atoms with van der Waals surface area (Å²) >= 11 is 5.99. The lowest BCUT2D eigenvalue weighted by Gasteiger charge is -2.11. The van der Waals surface area contributed by atoms with Crippen molar-refractivity contribution in [3.8, 4) is 0 Å². The van der Waals surface area contributed by atoms with Crippen LogP contribution in [0.3, 0.4) is 0 Å². The third-order valence-electron chi connectivity index (χ3n) is 3.21. The minimum Gasteiger partial charge on any atom is -0.339 e. The van der Waals surface area contributed by atoms with E-state index in [9.17, 15) is 0 Å². The van der Waals surface area contributed by atoms with Gasteiger partial charge in [-0.25, -0.2) is 4.98 Å². The highest BCUT2D eigenvalue weighted by Gasteiger charge is 2.07. The van der Waals surface area contributed by atoms with E-state index in [0.29, 0.717) is 0 Å². The molecule has 3 aromatic rings. The largest absolute Gasteiger partial charge is 0.339 e. The van der Waals surface area contributed by atoms with Crippen molar-refractivity contribution in [2.75, 3.05) is 5.32 Å². The quantitative estimate of drug-likeness (QED) is 0.696. The van der Waals surface area contributed by atoms with E-state index in [1.807, 2.05) is 24.3 Å². The van der Waals surface area contributed by atoms with E-state index in [1.54, 1.807) is 0 Å². The van der Waals surface area contributed by atoms with Crippen LogP contribution in [0, 0.1) is 13.8 Å². The highest BCUT2D eigenvalue weighted by atomic mass is 35.5. The van der Waals surface area contributed by atoms with Crippen LogP contribution >= 0.6 is 11.6 Å². The number of aromatic nitrogens is 2. The molecule has 0 bridgehead atoms. The molecule has 100 valence electrons. The van der Waals surface area contributed by atoms with Gasteiger partial charge in [0.1, 0.15) is 5.82 Å². The van der Waals surface area contributed by atoms with Crippen LogP contribution < -0.4 is 5.32 Å². The molecule has 20 heavy (non-hydrogen) atoms. The zero-order chi connectivity index (χ0) is 14.1. The van der Waals surface area contributed by atoms with Crippen LogP contribution in [0.4, 0.5) is 11.5 Å². The van der Waals surface area contributed by atoms with Crippen LogP contribution in [-0.2, 0) is 0 Å². The molecule has 3 nitrogen and oxygen atoms in total. The summed E-state index contributed by atoms with van der Waals surface area (Å²) in [6.45, 7) is 4.15. The maximum atomic E-state index is 5.99. The van der Waals surface area contributed by atoms with E-state index in [1.165, 1.54) is 11.1 Å². The zero-order valence-electron chi connectivity index (χ0n) is 11.3. The predicted octanol–water partition coefficient (Wildman–Crippen LogP) is 4.64. The molecule has 0 spiro atoms. The van der Waals surface area contributed by atoms with Gasteiger partial charge in [0.05, 0.1) is 5.52 Å².